The molecule has 0 fully saturated rings. The van der Waals surface area contributed by atoms with Gasteiger partial charge in [-0.25, -0.2) is 4.85 Å². The Hall–Kier alpha value is -3.13. The molecule has 0 saturated carbocycles. The fourth-order valence-corrected chi connectivity index (χ4v) is 2.12. The molecule has 0 aliphatic heterocycles. The molecule has 5 nitrogen and oxygen atoms in total. The minimum absolute atomic E-state index is 0.0119. The summed E-state index contributed by atoms with van der Waals surface area (Å²) < 4.78 is 0. The van der Waals surface area contributed by atoms with Crippen molar-refractivity contribution < 1.29 is 9.90 Å². The van der Waals surface area contributed by atoms with E-state index in [4.69, 9.17) is 12.3 Å². The molecule has 0 atom stereocenters. The molecule has 0 aliphatic rings. The Labute approximate surface area is 128 Å². The highest BCUT2D eigenvalue weighted by molar-refractivity contribution is 6.10. The van der Waals surface area contributed by atoms with Crippen LogP contribution in [0.4, 0.5) is 5.69 Å². The van der Waals surface area contributed by atoms with Crippen molar-refractivity contribution >= 4 is 17.4 Å². The van der Waals surface area contributed by atoms with E-state index in [1.54, 1.807) is 12.1 Å². The van der Waals surface area contributed by atoms with Gasteiger partial charge in [0.1, 0.15) is 11.6 Å². The molecule has 0 unspecified atom stereocenters. The molecular formula is C17H15N3O2. The summed E-state index contributed by atoms with van der Waals surface area (Å²) >= 11 is 0. The fraction of sp³-hybridized carbons (Fsp3) is 0.118. The number of aliphatic imine (C=N–C) groups is 1. The number of amidine groups is 1. The van der Waals surface area contributed by atoms with Crippen molar-refractivity contribution in [2.45, 2.75) is 13.8 Å². The lowest BCUT2D eigenvalue weighted by atomic mass is 9.95. The first kappa shape index (κ1) is 15.3. The lowest BCUT2D eigenvalue weighted by Crippen LogP contribution is -2.10. The number of nitrogens with zero attached hydrogens (tertiary/aromatic N) is 2. The van der Waals surface area contributed by atoms with Gasteiger partial charge in [0.25, 0.3) is 5.91 Å². The van der Waals surface area contributed by atoms with Crippen molar-refractivity contribution in [2.24, 2.45) is 10.7 Å². The average molecular weight is 293 g/mol. The summed E-state index contributed by atoms with van der Waals surface area (Å²) in [7, 11) is 0. The Morgan fingerprint density at radius 2 is 1.86 bits per heavy atom. The summed E-state index contributed by atoms with van der Waals surface area (Å²) in [6.45, 7) is 10.7. The van der Waals surface area contributed by atoms with Crippen molar-refractivity contribution in [3.05, 3.63) is 58.9 Å². The minimum Gasteiger partial charge on any atom is -0.507 e. The van der Waals surface area contributed by atoms with Gasteiger partial charge in [0.2, 0.25) is 0 Å². The number of carbonyl (C=O) groups is 1. The molecule has 2 rings (SSSR count). The van der Waals surface area contributed by atoms with Gasteiger partial charge < -0.3 is 10.8 Å². The van der Waals surface area contributed by atoms with E-state index in [1.807, 2.05) is 19.1 Å². The summed E-state index contributed by atoms with van der Waals surface area (Å²) in [5.74, 6) is -0.802. The van der Waals surface area contributed by atoms with Gasteiger partial charge in [0.15, 0.2) is 5.69 Å². The van der Waals surface area contributed by atoms with Crippen molar-refractivity contribution in [3.63, 3.8) is 0 Å². The zero-order valence-electron chi connectivity index (χ0n) is 12.3. The van der Waals surface area contributed by atoms with Crippen LogP contribution in [0.3, 0.4) is 0 Å². The Balaban J connectivity index is 2.77. The second-order valence-electron chi connectivity index (χ2n) is 4.89. The Kier molecular flexibility index (Phi) is 4.23. The second-order valence-corrected chi connectivity index (χ2v) is 4.89. The molecule has 0 radical (unpaired) electrons. The minimum atomic E-state index is -0.668. The number of aromatic hydroxyl groups is 1. The molecule has 0 bridgehead atoms. The van der Waals surface area contributed by atoms with Crippen LogP contribution in [-0.4, -0.2) is 16.8 Å². The monoisotopic (exact) mass is 293 g/mol. The van der Waals surface area contributed by atoms with E-state index in [0.29, 0.717) is 11.1 Å². The number of aryl methyl sites for hydroxylation is 1. The van der Waals surface area contributed by atoms with Gasteiger partial charge in [-0.2, -0.15) is 4.99 Å². The van der Waals surface area contributed by atoms with Crippen LogP contribution in [0.15, 0.2) is 41.4 Å². The Bertz CT molecular complexity index is 796. The number of benzene rings is 2. The summed E-state index contributed by atoms with van der Waals surface area (Å²) in [5.41, 5.74) is 7.79. The summed E-state index contributed by atoms with van der Waals surface area (Å²) in [4.78, 5) is 19.4. The van der Waals surface area contributed by atoms with Crippen LogP contribution in [0, 0.1) is 13.5 Å². The predicted octanol–water partition coefficient (Wildman–Crippen LogP) is 3.44. The number of hydrogen-bond acceptors (Lipinski definition) is 2. The first-order chi connectivity index (χ1) is 10.4. The van der Waals surface area contributed by atoms with Crippen molar-refractivity contribution in [1.82, 2.24) is 0 Å². The van der Waals surface area contributed by atoms with Crippen LogP contribution in [0.25, 0.3) is 16.0 Å². The van der Waals surface area contributed by atoms with Crippen LogP contribution < -0.4 is 5.73 Å². The Morgan fingerprint density at radius 1 is 1.23 bits per heavy atom. The zero-order valence-corrected chi connectivity index (χ0v) is 12.3. The van der Waals surface area contributed by atoms with Crippen LogP contribution in [0.5, 0.6) is 5.75 Å². The molecule has 0 heterocycles. The maximum Gasteiger partial charge on any atom is 0.281 e. The van der Waals surface area contributed by atoms with Crippen molar-refractivity contribution in [1.29, 1.82) is 0 Å². The van der Waals surface area contributed by atoms with Gasteiger partial charge in [-0.3, -0.25) is 4.79 Å². The molecule has 3 N–H and O–H groups in total. The molecule has 110 valence electrons. The molecule has 1 amide bonds. The SMILES string of the molecule is [C-]#[N+]c1ccc(O)c(C(=O)N=C(C)N)c1-c1ccc(C)cc1. The fourth-order valence-electron chi connectivity index (χ4n) is 2.12. The highest BCUT2D eigenvalue weighted by atomic mass is 16.3. The van der Waals surface area contributed by atoms with Gasteiger partial charge in [0.05, 0.1) is 12.1 Å². The van der Waals surface area contributed by atoms with Gasteiger partial charge in [-0.15, -0.1) is 0 Å². The number of nitrogens with two attached hydrogens (primary N) is 1. The predicted molar refractivity (Wildman–Crippen MR) is 86.2 cm³/mol. The number of phenolic OH excluding ortho intramolecular Hbond substituents is 1. The van der Waals surface area contributed by atoms with Crippen LogP contribution in [0.1, 0.15) is 22.8 Å². The topological polar surface area (TPSA) is 80.0 Å². The molecule has 22 heavy (non-hydrogen) atoms. The first-order valence-corrected chi connectivity index (χ1v) is 6.59. The molecule has 0 spiro atoms. The zero-order chi connectivity index (χ0) is 16.3. The third kappa shape index (κ3) is 2.96. The van der Waals surface area contributed by atoms with E-state index in [2.05, 4.69) is 9.84 Å². The van der Waals surface area contributed by atoms with E-state index in [0.717, 1.165) is 5.56 Å². The maximum absolute atomic E-state index is 12.3. The van der Waals surface area contributed by atoms with E-state index in [-0.39, 0.29) is 22.8 Å². The van der Waals surface area contributed by atoms with E-state index in [1.165, 1.54) is 19.1 Å². The summed E-state index contributed by atoms with van der Waals surface area (Å²) in [5, 5.41) is 10.1. The van der Waals surface area contributed by atoms with Gasteiger partial charge >= 0.3 is 0 Å². The van der Waals surface area contributed by atoms with Gasteiger partial charge in [-0.05, 0) is 25.5 Å². The molecule has 5 heteroatoms. The summed E-state index contributed by atoms with van der Waals surface area (Å²) in [6.07, 6.45) is 0. The van der Waals surface area contributed by atoms with Gasteiger partial charge in [0, 0.05) is 5.56 Å². The molecule has 0 saturated heterocycles. The molecule has 0 aliphatic carbocycles. The van der Waals surface area contributed by atoms with E-state index >= 15 is 0 Å². The quantitative estimate of drug-likeness (QED) is 0.505. The molecule has 0 aromatic heterocycles. The van der Waals surface area contributed by atoms with Crippen LogP contribution in [0.2, 0.25) is 0 Å². The summed E-state index contributed by atoms with van der Waals surface area (Å²) in [6, 6.07) is 10.1. The van der Waals surface area contributed by atoms with Crippen LogP contribution >= 0.6 is 0 Å². The lowest BCUT2D eigenvalue weighted by molar-refractivity contribution is 0.100. The van der Waals surface area contributed by atoms with E-state index in [9.17, 15) is 9.90 Å². The largest absolute Gasteiger partial charge is 0.507 e. The smallest absolute Gasteiger partial charge is 0.281 e. The lowest BCUT2D eigenvalue weighted by Gasteiger charge is -2.12. The number of hydrogen-bond donors (Lipinski definition) is 2. The highest BCUT2D eigenvalue weighted by Gasteiger charge is 2.20. The third-order valence-corrected chi connectivity index (χ3v) is 3.11. The number of amides is 1. The third-order valence-electron chi connectivity index (χ3n) is 3.11. The molecular weight excluding hydrogens is 278 g/mol. The second kappa shape index (κ2) is 6.10. The molecule has 2 aromatic carbocycles. The van der Waals surface area contributed by atoms with Crippen LogP contribution in [-0.2, 0) is 0 Å². The number of rotatable bonds is 2. The first-order valence-electron chi connectivity index (χ1n) is 6.59. The number of phenols is 1. The van der Waals surface area contributed by atoms with Crippen molar-refractivity contribution in [2.75, 3.05) is 0 Å². The normalized spacial score (nSPS) is 11.0. The highest BCUT2D eigenvalue weighted by Crippen LogP contribution is 2.39. The number of carbonyl (C=O) groups excluding carboxylic acids is 1. The Morgan fingerprint density at radius 3 is 2.41 bits per heavy atom. The molecule has 2 aromatic rings. The standard InChI is InChI=1S/C17H15N3O2/c1-10-4-6-12(7-5-10)15-13(19-3)8-9-14(21)16(15)17(22)20-11(2)18/h4-9,21H,1-2H3,(H2,18,20,22). The van der Waals surface area contributed by atoms with E-state index < -0.39 is 5.91 Å². The average Bonchev–Trinajstić information content (AvgIpc) is 2.47. The van der Waals surface area contributed by atoms with Crippen molar-refractivity contribution in [3.8, 4) is 16.9 Å². The van der Waals surface area contributed by atoms with Gasteiger partial charge in [-0.1, -0.05) is 35.9 Å². The maximum atomic E-state index is 12.3.